The Morgan fingerprint density at radius 2 is 0.875 bits per heavy atom. The largest absolute Gasteiger partial charge is 0.372 e. The lowest BCUT2D eigenvalue weighted by atomic mass is 9.90. The van der Waals surface area contributed by atoms with Crippen LogP contribution in [0.1, 0.15) is 22.3 Å². The predicted octanol–water partition coefficient (Wildman–Crippen LogP) is 2.90. The quantitative estimate of drug-likeness (QED) is 0.668. The van der Waals surface area contributed by atoms with E-state index < -0.39 is 0 Å². The Morgan fingerprint density at radius 3 is 1.19 bits per heavy atom. The molecule has 0 spiro atoms. The van der Waals surface area contributed by atoms with Gasteiger partial charge in [0, 0.05) is 0 Å². The molecule has 0 saturated carbocycles. The minimum atomic E-state index is 0.744. The van der Waals surface area contributed by atoms with E-state index in [0.29, 0.717) is 0 Å². The van der Waals surface area contributed by atoms with Crippen LogP contribution in [0.3, 0.4) is 0 Å². The van der Waals surface area contributed by atoms with Crippen LogP contribution >= 0.6 is 0 Å². The Kier molecular flexibility index (Phi) is 1.67. The van der Waals surface area contributed by atoms with Crippen LogP contribution < -0.4 is 0 Å². The zero-order valence-electron chi connectivity index (χ0n) is 8.95. The molecule has 2 nitrogen and oxygen atoms in total. The maximum Gasteiger partial charge on any atom is 0.0727 e. The minimum Gasteiger partial charge on any atom is -0.372 e. The fourth-order valence-corrected chi connectivity index (χ4v) is 2.81. The van der Waals surface area contributed by atoms with Gasteiger partial charge < -0.3 is 9.47 Å². The Balaban J connectivity index is 2.21. The topological polar surface area (TPSA) is 18.5 Å². The molecule has 0 amide bonds. The fourth-order valence-electron chi connectivity index (χ4n) is 2.81. The third-order valence-electron chi connectivity index (χ3n) is 3.54. The third kappa shape index (κ3) is 1.03. The molecular formula is C14H12O2. The second kappa shape index (κ2) is 3.06. The van der Waals surface area contributed by atoms with Crippen molar-refractivity contribution in [1.82, 2.24) is 0 Å². The summed E-state index contributed by atoms with van der Waals surface area (Å²) in [4.78, 5) is 0. The molecule has 0 aromatic heterocycles. The fraction of sp³-hybridized carbons (Fsp3) is 0.286. The minimum absolute atomic E-state index is 0.744. The van der Waals surface area contributed by atoms with Crippen molar-refractivity contribution in [1.29, 1.82) is 0 Å². The van der Waals surface area contributed by atoms with Crippen LogP contribution in [0.25, 0.3) is 10.8 Å². The highest BCUT2D eigenvalue weighted by molar-refractivity contribution is 5.94. The van der Waals surface area contributed by atoms with Crippen LogP contribution in [0.5, 0.6) is 0 Å². The lowest BCUT2D eigenvalue weighted by Crippen LogP contribution is -2.10. The van der Waals surface area contributed by atoms with Gasteiger partial charge in [0.05, 0.1) is 26.4 Å². The molecule has 2 heterocycles. The number of benzene rings is 2. The van der Waals surface area contributed by atoms with Gasteiger partial charge >= 0.3 is 0 Å². The molecule has 2 heteroatoms. The molecule has 0 radical (unpaired) electrons. The molecule has 0 N–H and O–H groups in total. The smallest absolute Gasteiger partial charge is 0.0727 e. The first-order valence-electron chi connectivity index (χ1n) is 5.64. The molecule has 80 valence electrons. The first kappa shape index (κ1) is 8.74. The monoisotopic (exact) mass is 212 g/mol. The highest BCUT2D eigenvalue weighted by Crippen LogP contribution is 2.35. The van der Waals surface area contributed by atoms with Gasteiger partial charge in [-0.25, -0.2) is 0 Å². The van der Waals surface area contributed by atoms with E-state index in [9.17, 15) is 0 Å². The van der Waals surface area contributed by atoms with Crippen molar-refractivity contribution in [3.63, 3.8) is 0 Å². The molecule has 2 aliphatic heterocycles. The highest BCUT2D eigenvalue weighted by atomic mass is 16.5. The van der Waals surface area contributed by atoms with Gasteiger partial charge in [0.25, 0.3) is 0 Å². The van der Waals surface area contributed by atoms with Crippen molar-refractivity contribution in [2.24, 2.45) is 0 Å². The molecule has 4 rings (SSSR count). The van der Waals surface area contributed by atoms with Crippen LogP contribution in [0.4, 0.5) is 0 Å². The number of ether oxygens (including phenoxy) is 2. The van der Waals surface area contributed by atoms with Crippen molar-refractivity contribution in [3.8, 4) is 0 Å². The van der Waals surface area contributed by atoms with E-state index in [2.05, 4.69) is 24.3 Å². The molecular weight excluding hydrogens is 200 g/mol. The maximum atomic E-state index is 5.59. The summed E-state index contributed by atoms with van der Waals surface area (Å²) >= 11 is 0. The molecule has 0 atom stereocenters. The third-order valence-corrected chi connectivity index (χ3v) is 3.54. The Morgan fingerprint density at radius 1 is 0.562 bits per heavy atom. The molecule has 2 aromatic rings. The highest BCUT2D eigenvalue weighted by Gasteiger charge is 2.19. The van der Waals surface area contributed by atoms with E-state index in [1.54, 1.807) is 0 Å². The summed E-state index contributed by atoms with van der Waals surface area (Å²) in [5, 5.41) is 2.84. The molecule has 0 fully saturated rings. The van der Waals surface area contributed by atoms with Gasteiger partial charge in [-0.1, -0.05) is 24.3 Å². The van der Waals surface area contributed by atoms with Gasteiger partial charge in [0.15, 0.2) is 0 Å². The van der Waals surface area contributed by atoms with Crippen LogP contribution in [-0.4, -0.2) is 0 Å². The van der Waals surface area contributed by atoms with Gasteiger partial charge in [-0.2, -0.15) is 0 Å². The normalized spacial score (nSPS) is 17.8. The molecule has 0 unspecified atom stereocenters. The number of rotatable bonds is 0. The Bertz CT molecular complexity index is 488. The molecule has 2 aliphatic rings. The van der Waals surface area contributed by atoms with Gasteiger partial charge in [-0.3, -0.25) is 0 Å². The van der Waals surface area contributed by atoms with Crippen molar-refractivity contribution in [3.05, 3.63) is 46.5 Å². The van der Waals surface area contributed by atoms with Gasteiger partial charge in [-0.15, -0.1) is 0 Å². The SMILES string of the molecule is c1cc2c3c(ccc4c3c1COC4)COC2. The van der Waals surface area contributed by atoms with Crippen molar-refractivity contribution >= 4 is 10.8 Å². The maximum absolute atomic E-state index is 5.59. The zero-order valence-corrected chi connectivity index (χ0v) is 8.95. The molecule has 2 aromatic carbocycles. The summed E-state index contributed by atoms with van der Waals surface area (Å²) in [6.07, 6.45) is 0. The molecule has 0 bridgehead atoms. The zero-order chi connectivity index (χ0) is 10.5. The van der Waals surface area contributed by atoms with E-state index in [1.807, 2.05) is 0 Å². The molecule has 16 heavy (non-hydrogen) atoms. The van der Waals surface area contributed by atoms with Gasteiger partial charge in [-0.05, 0) is 33.0 Å². The lowest BCUT2D eigenvalue weighted by molar-refractivity contribution is 0.0985. The van der Waals surface area contributed by atoms with Crippen LogP contribution in [-0.2, 0) is 35.9 Å². The average Bonchev–Trinajstić information content (AvgIpc) is 2.36. The first-order valence-corrected chi connectivity index (χ1v) is 5.64. The Hall–Kier alpha value is -1.38. The van der Waals surface area contributed by atoms with E-state index in [1.165, 1.54) is 33.0 Å². The Labute approximate surface area is 93.8 Å². The second-order valence-corrected chi connectivity index (χ2v) is 4.50. The van der Waals surface area contributed by atoms with Crippen LogP contribution in [0.15, 0.2) is 24.3 Å². The second-order valence-electron chi connectivity index (χ2n) is 4.50. The molecule has 0 saturated heterocycles. The van der Waals surface area contributed by atoms with E-state index in [4.69, 9.17) is 9.47 Å². The van der Waals surface area contributed by atoms with Gasteiger partial charge in [0.1, 0.15) is 0 Å². The number of hydrogen-bond donors (Lipinski definition) is 0. The number of hydrogen-bond acceptors (Lipinski definition) is 2. The summed E-state index contributed by atoms with van der Waals surface area (Å²) < 4.78 is 11.2. The van der Waals surface area contributed by atoms with Crippen LogP contribution in [0, 0.1) is 0 Å². The van der Waals surface area contributed by atoms with Crippen molar-refractivity contribution in [2.75, 3.05) is 0 Å². The summed E-state index contributed by atoms with van der Waals surface area (Å²) in [5.41, 5.74) is 5.29. The van der Waals surface area contributed by atoms with Gasteiger partial charge in [0.2, 0.25) is 0 Å². The standard InChI is InChI=1S/C14H12O2/c1-2-10-6-16-8-12-4-3-11-7-15-5-9(1)13(11)14(10)12/h1-4H,5-8H2. The van der Waals surface area contributed by atoms with E-state index in [0.717, 1.165) is 26.4 Å². The summed E-state index contributed by atoms with van der Waals surface area (Å²) in [6.45, 7) is 2.98. The summed E-state index contributed by atoms with van der Waals surface area (Å²) in [7, 11) is 0. The molecule has 0 aliphatic carbocycles. The van der Waals surface area contributed by atoms with Crippen LogP contribution in [0.2, 0.25) is 0 Å². The average molecular weight is 212 g/mol. The predicted molar refractivity (Wildman–Crippen MR) is 60.9 cm³/mol. The van der Waals surface area contributed by atoms with E-state index >= 15 is 0 Å². The van der Waals surface area contributed by atoms with E-state index in [-0.39, 0.29) is 0 Å². The first-order chi connectivity index (χ1) is 7.93. The summed E-state index contributed by atoms with van der Waals surface area (Å²) in [5.74, 6) is 0. The lowest BCUT2D eigenvalue weighted by Gasteiger charge is -2.24. The van der Waals surface area contributed by atoms with Crippen molar-refractivity contribution in [2.45, 2.75) is 26.4 Å². The van der Waals surface area contributed by atoms with Crippen molar-refractivity contribution < 1.29 is 9.47 Å². The summed E-state index contributed by atoms with van der Waals surface area (Å²) in [6, 6.07) is 8.72.